The summed E-state index contributed by atoms with van der Waals surface area (Å²) >= 11 is 3.25. The summed E-state index contributed by atoms with van der Waals surface area (Å²) in [6.45, 7) is 0. The van der Waals surface area contributed by atoms with Crippen LogP contribution < -0.4 is 4.74 Å². The van der Waals surface area contributed by atoms with Crippen LogP contribution in [0.3, 0.4) is 0 Å². The van der Waals surface area contributed by atoms with Crippen LogP contribution in [0, 0.1) is 17.5 Å². The van der Waals surface area contributed by atoms with Gasteiger partial charge < -0.3 is 4.74 Å². The van der Waals surface area contributed by atoms with Gasteiger partial charge in [-0.3, -0.25) is 0 Å². The lowest BCUT2D eigenvalue weighted by molar-refractivity contribution is 0.386. The van der Waals surface area contributed by atoms with Crippen LogP contribution in [-0.4, -0.2) is 7.11 Å². The van der Waals surface area contributed by atoms with E-state index in [1.54, 1.807) is 6.07 Å². The monoisotopic (exact) mass is 330 g/mol. The van der Waals surface area contributed by atoms with Crippen LogP contribution >= 0.6 is 15.9 Å². The van der Waals surface area contributed by atoms with Crippen molar-refractivity contribution in [2.24, 2.45) is 0 Å². The minimum Gasteiger partial charge on any atom is -0.494 e. The molecule has 1 unspecified atom stereocenters. The van der Waals surface area contributed by atoms with Gasteiger partial charge in [-0.15, -0.1) is 0 Å². The van der Waals surface area contributed by atoms with Gasteiger partial charge in [0.25, 0.3) is 0 Å². The summed E-state index contributed by atoms with van der Waals surface area (Å²) in [5.41, 5.74) is 0.590. The zero-order valence-electron chi connectivity index (χ0n) is 9.96. The van der Waals surface area contributed by atoms with Crippen molar-refractivity contribution in [2.45, 2.75) is 4.83 Å². The van der Waals surface area contributed by atoms with Gasteiger partial charge in [0.15, 0.2) is 23.2 Å². The van der Waals surface area contributed by atoms with Crippen LogP contribution in [0.5, 0.6) is 5.75 Å². The van der Waals surface area contributed by atoms with E-state index in [9.17, 15) is 13.2 Å². The molecule has 0 aliphatic carbocycles. The molecule has 5 heteroatoms. The van der Waals surface area contributed by atoms with E-state index >= 15 is 0 Å². The molecule has 0 radical (unpaired) electrons. The van der Waals surface area contributed by atoms with Crippen molar-refractivity contribution in [1.82, 2.24) is 0 Å². The minimum absolute atomic E-state index is 0.100. The first-order chi connectivity index (χ1) is 9.04. The van der Waals surface area contributed by atoms with E-state index in [-0.39, 0.29) is 11.3 Å². The summed E-state index contributed by atoms with van der Waals surface area (Å²) < 4.78 is 45.2. The zero-order valence-corrected chi connectivity index (χ0v) is 11.5. The molecule has 0 aliphatic heterocycles. The third-order valence-electron chi connectivity index (χ3n) is 2.72. The summed E-state index contributed by atoms with van der Waals surface area (Å²) in [7, 11) is 1.36. The molecule has 0 aromatic heterocycles. The van der Waals surface area contributed by atoms with E-state index in [1.165, 1.54) is 31.4 Å². The van der Waals surface area contributed by atoms with Crippen LogP contribution in [0.15, 0.2) is 36.4 Å². The summed E-state index contributed by atoms with van der Waals surface area (Å²) in [5, 5.41) is 0. The third kappa shape index (κ3) is 2.76. The van der Waals surface area contributed by atoms with E-state index in [0.29, 0.717) is 5.56 Å². The summed E-state index contributed by atoms with van der Waals surface area (Å²) in [6, 6.07) is 8.14. The Morgan fingerprint density at radius 1 is 1.05 bits per heavy atom. The molecule has 0 saturated heterocycles. The quantitative estimate of drug-likeness (QED) is 0.747. The second-order valence-corrected chi connectivity index (χ2v) is 4.82. The standard InChI is InChI=1S/C14H10BrF3O/c1-19-12-6-5-8(7-11(12)17)13(15)9-3-2-4-10(16)14(9)18/h2-7,13H,1H3. The van der Waals surface area contributed by atoms with Crippen molar-refractivity contribution in [3.8, 4) is 5.75 Å². The lowest BCUT2D eigenvalue weighted by Crippen LogP contribution is -2.00. The van der Waals surface area contributed by atoms with Crippen molar-refractivity contribution in [3.63, 3.8) is 0 Å². The molecule has 0 amide bonds. The van der Waals surface area contributed by atoms with Crippen LogP contribution in [0.1, 0.15) is 16.0 Å². The normalized spacial score (nSPS) is 12.3. The first-order valence-electron chi connectivity index (χ1n) is 5.46. The first kappa shape index (κ1) is 13.9. The third-order valence-corrected chi connectivity index (χ3v) is 3.74. The number of alkyl halides is 1. The van der Waals surface area contributed by atoms with E-state index in [2.05, 4.69) is 15.9 Å². The molecule has 100 valence electrons. The highest BCUT2D eigenvalue weighted by molar-refractivity contribution is 9.09. The van der Waals surface area contributed by atoms with Crippen molar-refractivity contribution in [1.29, 1.82) is 0 Å². The molecule has 0 N–H and O–H groups in total. The molecule has 19 heavy (non-hydrogen) atoms. The Hall–Kier alpha value is -1.49. The van der Waals surface area contributed by atoms with Gasteiger partial charge in [-0.25, -0.2) is 13.2 Å². The average Bonchev–Trinajstić information content (AvgIpc) is 2.41. The maximum absolute atomic E-state index is 13.7. The van der Waals surface area contributed by atoms with E-state index < -0.39 is 22.3 Å². The minimum atomic E-state index is -0.944. The van der Waals surface area contributed by atoms with E-state index in [4.69, 9.17) is 4.74 Å². The van der Waals surface area contributed by atoms with Gasteiger partial charge in [0.05, 0.1) is 11.9 Å². The van der Waals surface area contributed by atoms with Gasteiger partial charge in [-0.2, -0.15) is 0 Å². The molecule has 1 atom stereocenters. The van der Waals surface area contributed by atoms with Gasteiger partial charge in [-0.05, 0) is 23.8 Å². The van der Waals surface area contributed by atoms with Gasteiger partial charge >= 0.3 is 0 Å². The molecule has 2 rings (SSSR count). The highest BCUT2D eigenvalue weighted by Crippen LogP contribution is 2.34. The predicted octanol–water partition coefficient (Wildman–Crippen LogP) is 4.60. The molecule has 0 aliphatic rings. The summed E-state index contributed by atoms with van der Waals surface area (Å²) in [5.74, 6) is -2.33. The number of ether oxygens (including phenoxy) is 1. The number of rotatable bonds is 3. The number of methoxy groups -OCH3 is 1. The fourth-order valence-corrected chi connectivity index (χ4v) is 2.37. The van der Waals surface area contributed by atoms with E-state index in [0.717, 1.165) is 6.07 Å². The van der Waals surface area contributed by atoms with Gasteiger partial charge in [0, 0.05) is 5.56 Å². The molecular formula is C14H10BrF3O. The number of hydrogen-bond acceptors (Lipinski definition) is 1. The van der Waals surface area contributed by atoms with Gasteiger partial charge in [-0.1, -0.05) is 34.1 Å². The molecule has 0 bridgehead atoms. The SMILES string of the molecule is COc1ccc(C(Br)c2cccc(F)c2F)cc1F. The van der Waals surface area contributed by atoms with Crippen molar-refractivity contribution < 1.29 is 17.9 Å². The lowest BCUT2D eigenvalue weighted by Gasteiger charge is -2.13. The van der Waals surface area contributed by atoms with Crippen molar-refractivity contribution in [2.75, 3.05) is 7.11 Å². The maximum atomic E-state index is 13.7. The Morgan fingerprint density at radius 2 is 1.79 bits per heavy atom. The Morgan fingerprint density at radius 3 is 2.42 bits per heavy atom. The fourth-order valence-electron chi connectivity index (χ4n) is 1.74. The summed E-state index contributed by atoms with van der Waals surface area (Å²) in [4.78, 5) is -0.636. The highest BCUT2D eigenvalue weighted by Gasteiger charge is 2.18. The van der Waals surface area contributed by atoms with E-state index in [1.807, 2.05) is 0 Å². The predicted molar refractivity (Wildman–Crippen MR) is 70.1 cm³/mol. The largest absolute Gasteiger partial charge is 0.494 e. The molecule has 0 saturated carbocycles. The smallest absolute Gasteiger partial charge is 0.165 e. The van der Waals surface area contributed by atoms with Crippen LogP contribution in [-0.2, 0) is 0 Å². The van der Waals surface area contributed by atoms with Crippen molar-refractivity contribution >= 4 is 15.9 Å². The van der Waals surface area contributed by atoms with Gasteiger partial charge in [0.1, 0.15) is 0 Å². The Kier molecular flexibility index (Phi) is 4.14. The Balaban J connectivity index is 2.41. The second kappa shape index (κ2) is 5.65. The highest BCUT2D eigenvalue weighted by atomic mass is 79.9. The molecule has 2 aromatic rings. The van der Waals surface area contributed by atoms with Gasteiger partial charge in [0.2, 0.25) is 0 Å². The molecule has 2 aromatic carbocycles. The van der Waals surface area contributed by atoms with Crippen LogP contribution in [0.4, 0.5) is 13.2 Å². The number of halogens is 4. The lowest BCUT2D eigenvalue weighted by atomic mass is 10.0. The second-order valence-electron chi connectivity index (χ2n) is 3.90. The molecule has 0 heterocycles. The molecule has 0 fully saturated rings. The number of hydrogen-bond donors (Lipinski definition) is 0. The fraction of sp³-hybridized carbons (Fsp3) is 0.143. The first-order valence-corrected chi connectivity index (χ1v) is 6.37. The molecule has 0 spiro atoms. The maximum Gasteiger partial charge on any atom is 0.165 e. The topological polar surface area (TPSA) is 9.23 Å². The van der Waals surface area contributed by atoms with Crippen LogP contribution in [0.2, 0.25) is 0 Å². The average molecular weight is 331 g/mol. The van der Waals surface area contributed by atoms with Crippen molar-refractivity contribution in [3.05, 3.63) is 65.0 Å². The molecule has 1 nitrogen and oxygen atoms in total. The molecular weight excluding hydrogens is 321 g/mol. The summed E-state index contributed by atoms with van der Waals surface area (Å²) in [6.07, 6.45) is 0. The zero-order chi connectivity index (χ0) is 14.0. The van der Waals surface area contributed by atoms with Crippen LogP contribution in [0.25, 0.3) is 0 Å². The number of benzene rings is 2. The Labute approximate surface area is 117 Å². The Bertz CT molecular complexity index is 601.